The van der Waals surface area contributed by atoms with Gasteiger partial charge in [-0.3, -0.25) is 4.79 Å². The van der Waals surface area contributed by atoms with Gasteiger partial charge >= 0.3 is 11.9 Å². The van der Waals surface area contributed by atoms with Gasteiger partial charge in [0.05, 0.1) is 13.2 Å². The van der Waals surface area contributed by atoms with Gasteiger partial charge in [-0.05, 0) is 13.8 Å². The Morgan fingerprint density at radius 2 is 1.38 bits per heavy atom. The summed E-state index contributed by atoms with van der Waals surface area (Å²) in [6.07, 6.45) is 0. The molecule has 16 heavy (non-hydrogen) atoms. The van der Waals surface area contributed by atoms with Crippen LogP contribution in [0.2, 0.25) is 0 Å². The summed E-state index contributed by atoms with van der Waals surface area (Å²) < 4.78 is 9.53. The van der Waals surface area contributed by atoms with Gasteiger partial charge in [0, 0.05) is 6.92 Å². The summed E-state index contributed by atoms with van der Waals surface area (Å²) in [5.74, 6) is -1.46. The third-order valence-corrected chi connectivity index (χ3v) is 2.23. The molecule has 6 heteroatoms. The van der Waals surface area contributed by atoms with E-state index in [1.165, 1.54) is 6.92 Å². The predicted octanol–water partition coefficient (Wildman–Crippen LogP) is -0.288. The summed E-state index contributed by atoms with van der Waals surface area (Å²) in [5.41, 5.74) is 0. The Morgan fingerprint density at radius 1 is 1.00 bits per heavy atom. The molecule has 0 radical (unpaired) electrons. The van der Waals surface area contributed by atoms with Gasteiger partial charge in [0.15, 0.2) is 12.1 Å². The summed E-state index contributed by atoms with van der Waals surface area (Å²) in [6, 6.07) is -1.62. The van der Waals surface area contributed by atoms with Crippen molar-refractivity contribution in [3.05, 3.63) is 0 Å². The zero-order chi connectivity index (χ0) is 12.3. The topological polar surface area (TPSA) is 72.7 Å². The van der Waals surface area contributed by atoms with Crippen molar-refractivity contribution in [1.29, 1.82) is 0 Å². The van der Waals surface area contributed by atoms with Crippen molar-refractivity contribution in [2.24, 2.45) is 0 Å². The molecule has 1 aliphatic heterocycles. The van der Waals surface area contributed by atoms with E-state index in [2.05, 4.69) is 0 Å². The maximum Gasteiger partial charge on any atom is 0.331 e. The van der Waals surface area contributed by atoms with Crippen LogP contribution >= 0.6 is 0 Å². The molecule has 1 heterocycles. The number of hydrogen-bond donors (Lipinski definition) is 0. The Labute approximate surface area is 93.5 Å². The van der Waals surface area contributed by atoms with Crippen molar-refractivity contribution >= 4 is 17.8 Å². The highest BCUT2D eigenvalue weighted by atomic mass is 16.5. The summed E-state index contributed by atoms with van der Waals surface area (Å²) in [6.45, 7) is 5.06. The SMILES string of the molecule is CCOC(=O)[C@@H]1[C@@H](C(=O)OCC)N1C(C)=O. The minimum absolute atomic E-state index is 0.219. The molecule has 0 saturated carbocycles. The first-order valence-corrected chi connectivity index (χ1v) is 5.16. The van der Waals surface area contributed by atoms with Crippen molar-refractivity contribution < 1.29 is 23.9 Å². The summed E-state index contributed by atoms with van der Waals surface area (Å²) >= 11 is 0. The molecule has 6 nitrogen and oxygen atoms in total. The summed E-state index contributed by atoms with van der Waals surface area (Å²) in [4.78, 5) is 35.1. The number of carbonyl (C=O) groups is 3. The van der Waals surface area contributed by atoms with Gasteiger partial charge in [0.25, 0.3) is 0 Å². The normalized spacial score (nSPS) is 22.6. The smallest absolute Gasteiger partial charge is 0.331 e. The van der Waals surface area contributed by atoms with Crippen molar-refractivity contribution in [3.63, 3.8) is 0 Å². The first kappa shape index (κ1) is 12.5. The average molecular weight is 229 g/mol. The highest BCUT2D eigenvalue weighted by Crippen LogP contribution is 2.30. The van der Waals surface area contributed by atoms with Crippen LogP contribution in [-0.2, 0) is 23.9 Å². The van der Waals surface area contributed by atoms with Gasteiger partial charge in [0.1, 0.15) is 0 Å². The zero-order valence-corrected chi connectivity index (χ0v) is 9.56. The highest BCUT2D eigenvalue weighted by Gasteiger charge is 2.60. The fourth-order valence-corrected chi connectivity index (χ4v) is 1.56. The van der Waals surface area contributed by atoms with Crippen LogP contribution in [-0.4, -0.2) is 48.0 Å². The number of carbonyl (C=O) groups excluding carboxylic acids is 3. The molecule has 1 fully saturated rings. The molecule has 1 saturated heterocycles. The third-order valence-electron chi connectivity index (χ3n) is 2.23. The van der Waals surface area contributed by atoms with Gasteiger partial charge in [-0.1, -0.05) is 0 Å². The van der Waals surface area contributed by atoms with Crippen LogP contribution in [0, 0.1) is 0 Å². The number of nitrogens with zero attached hydrogens (tertiary/aromatic N) is 1. The molecule has 90 valence electrons. The lowest BCUT2D eigenvalue weighted by atomic mass is 10.3. The van der Waals surface area contributed by atoms with E-state index < -0.39 is 24.0 Å². The van der Waals surface area contributed by atoms with Crippen molar-refractivity contribution in [2.75, 3.05) is 13.2 Å². The molecule has 0 aliphatic carbocycles. The summed E-state index contributed by atoms with van der Waals surface area (Å²) in [7, 11) is 0. The minimum Gasteiger partial charge on any atom is -0.464 e. The number of rotatable bonds is 4. The van der Waals surface area contributed by atoms with E-state index in [0.717, 1.165) is 4.90 Å². The average Bonchev–Trinajstić information content (AvgIpc) is 2.93. The fourth-order valence-electron chi connectivity index (χ4n) is 1.56. The maximum atomic E-state index is 11.4. The highest BCUT2D eigenvalue weighted by molar-refractivity contribution is 6.00. The molecule has 1 amide bonds. The van der Waals surface area contributed by atoms with E-state index in [1.54, 1.807) is 13.8 Å². The van der Waals surface area contributed by atoms with E-state index in [-0.39, 0.29) is 19.1 Å². The van der Waals surface area contributed by atoms with Gasteiger partial charge in [-0.2, -0.15) is 0 Å². The monoisotopic (exact) mass is 229 g/mol. The Balaban J connectivity index is 2.67. The molecule has 1 rings (SSSR count). The Kier molecular flexibility index (Phi) is 3.87. The number of ether oxygens (including phenoxy) is 2. The second-order valence-corrected chi connectivity index (χ2v) is 3.32. The van der Waals surface area contributed by atoms with Crippen LogP contribution in [0.4, 0.5) is 0 Å². The van der Waals surface area contributed by atoms with Crippen molar-refractivity contribution in [2.45, 2.75) is 32.9 Å². The molecule has 0 aromatic rings. The molecular formula is C10H15NO5. The van der Waals surface area contributed by atoms with Gasteiger partial charge in [-0.15, -0.1) is 0 Å². The second kappa shape index (κ2) is 4.96. The van der Waals surface area contributed by atoms with Crippen LogP contribution in [0.15, 0.2) is 0 Å². The molecule has 0 N–H and O–H groups in total. The van der Waals surface area contributed by atoms with Gasteiger partial charge in [0.2, 0.25) is 5.91 Å². The van der Waals surface area contributed by atoms with Crippen molar-refractivity contribution in [3.8, 4) is 0 Å². The lowest BCUT2D eigenvalue weighted by Crippen LogP contribution is -2.20. The quantitative estimate of drug-likeness (QED) is 0.489. The molecule has 0 aromatic carbocycles. The Hall–Kier alpha value is -1.59. The van der Waals surface area contributed by atoms with Crippen molar-refractivity contribution in [1.82, 2.24) is 4.90 Å². The van der Waals surface area contributed by atoms with Gasteiger partial charge < -0.3 is 14.4 Å². The zero-order valence-electron chi connectivity index (χ0n) is 9.56. The molecule has 0 spiro atoms. The van der Waals surface area contributed by atoms with Crippen LogP contribution in [0.3, 0.4) is 0 Å². The van der Waals surface area contributed by atoms with Crippen LogP contribution in [0.5, 0.6) is 0 Å². The molecule has 0 unspecified atom stereocenters. The molecule has 1 aliphatic rings. The number of esters is 2. The van der Waals surface area contributed by atoms with Crippen LogP contribution in [0.1, 0.15) is 20.8 Å². The van der Waals surface area contributed by atoms with E-state index in [9.17, 15) is 14.4 Å². The van der Waals surface area contributed by atoms with E-state index in [4.69, 9.17) is 9.47 Å². The van der Waals surface area contributed by atoms with Crippen LogP contribution in [0.25, 0.3) is 0 Å². The first-order valence-electron chi connectivity index (χ1n) is 5.16. The fraction of sp³-hybridized carbons (Fsp3) is 0.700. The van der Waals surface area contributed by atoms with Gasteiger partial charge in [-0.25, -0.2) is 9.59 Å². The van der Waals surface area contributed by atoms with E-state index in [0.29, 0.717) is 0 Å². The molecule has 2 atom stereocenters. The molecular weight excluding hydrogens is 214 g/mol. The predicted molar refractivity (Wildman–Crippen MR) is 53.4 cm³/mol. The lowest BCUT2D eigenvalue weighted by molar-refractivity contribution is -0.147. The van der Waals surface area contributed by atoms with E-state index >= 15 is 0 Å². The van der Waals surface area contributed by atoms with E-state index in [1.807, 2.05) is 0 Å². The maximum absolute atomic E-state index is 11.4. The standard InChI is InChI=1S/C10H15NO5/c1-4-15-9(13)7-8(10(14)16-5-2)11(7)6(3)12/h7-8H,4-5H2,1-3H3/t7-,8-/m0/s1. The Morgan fingerprint density at radius 3 is 1.62 bits per heavy atom. The first-order chi connectivity index (χ1) is 7.54. The molecule has 0 bridgehead atoms. The second-order valence-electron chi connectivity index (χ2n) is 3.32. The number of hydrogen-bond acceptors (Lipinski definition) is 5. The number of amides is 1. The molecule has 0 aromatic heterocycles. The minimum atomic E-state index is -0.809. The Bertz CT molecular complexity index is 290. The lowest BCUT2D eigenvalue weighted by Gasteiger charge is -1.99. The summed E-state index contributed by atoms with van der Waals surface area (Å²) in [5, 5.41) is 0. The third kappa shape index (κ3) is 2.32. The largest absolute Gasteiger partial charge is 0.464 e. The van der Waals surface area contributed by atoms with Crippen LogP contribution < -0.4 is 0 Å².